The lowest BCUT2D eigenvalue weighted by atomic mass is 10.1. The molecule has 6 heteroatoms. The summed E-state index contributed by atoms with van der Waals surface area (Å²) in [6.45, 7) is 2.53. The van der Waals surface area contributed by atoms with Gasteiger partial charge in [-0.1, -0.05) is 47.1 Å². The van der Waals surface area contributed by atoms with Gasteiger partial charge in [-0.05, 0) is 31.0 Å². The first-order valence-corrected chi connectivity index (χ1v) is 8.55. The maximum absolute atomic E-state index is 13.4. The van der Waals surface area contributed by atoms with Gasteiger partial charge in [-0.25, -0.2) is 4.39 Å². The molecule has 0 N–H and O–H groups in total. The number of hydrogen-bond donors (Lipinski definition) is 0. The van der Waals surface area contributed by atoms with Crippen molar-refractivity contribution in [3.05, 3.63) is 71.4 Å². The van der Waals surface area contributed by atoms with Gasteiger partial charge in [0, 0.05) is 18.5 Å². The van der Waals surface area contributed by atoms with Crippen LogP contribution in [0, 0.1) is 12.7 Å². The molecule has 2 aromatic carbocycles. The topological polar surface area (TPSA) is 59.2 Å². The van der Waals surface area contributed by atoms with Crippen LogP contribution in [0.15, 0.2) is 53.1 Å². The van der Waals surface area contributed by atoms with E-state index in [0.717, 1.165) is 11.1 Å². The number of aromatic nitrogens is 2. The highest BCUT2D eigenvalue weighted by Gasteiger charge is 2.36. The lowest BCUT2D eigenvalue weighted by Crippen LogP contribution is -2.27. The minimum absolute atomic E-state index is 0.0713. The van der Waals surface area contributed by atoms with Gasteiger partial charge in [-0.2, -0.15) is 4.98 Å². The molecular weight excluding hydrogens is 333 g/mol. The molecule has 1 fully saturated rings. The molecule has 1 unspecified atom stereocenters. The number of rotatable bonds is 4. The highest BCUT2D eigenvalue weighted by molar-refractivity contribution is 5.78. The van der Waals surface area contributed by atoms with E-state index in [2.05, 4.69) is 16.2 Å². The normalized spacial score (nSPS) is 17.1. The largest absolute Gasteiger partial charge is 0.337 e. The minimum atomic E-state index is -0.356. The van der Waals surface area contributed by atoms with Gasteiger partial charge in [0.25, 0.3) is 0 Å². The summed E-state index contributed by atoms with van der Waals surface area (Å²) in [7, 11) is 0. The SMILES string of the molecule is Cc1cccc(CN2C(=O)CCC2c2nc(-c3cccc(F)c3)no2)c1. The zero-order valence-corrected chi connectivity index (χ0v) is 14.4. The number of aryl methyl sites for hydroxylation is 1. The molecule has 3 aromatic rings. The highest BCUT2D eigenvalue weighted by Crippen LogP contribution is 2.34. The van der Waals surface area contributed by atoms with Crippen molar-refractivity contribution in [1.29, 1.82) is 0 Å². The van der Waals surface area contributed by atoms with Crippen LogP contribution in [0.5, 0.6) is 0 Å². The van der Waals surface area contributed by atoms with E-state index in [9.17, 15) is 9.18 Å². The molecular formula is C20H18FN3O2. The van der Waals surface area contributed by atoms with Crippen molar-refractivity contribution in [2.24, 2.45) is 0 Å². The van der Waals surface area contributed by atoms with Crippen LogP contribution in [0.3, 0.4) is 0 Å². The molecule has 0 radical (unpaired) electrons. The molecule has 4 rings (SSSR count). The number of amides is 1. The number of halogens is 1. The van der Waals surface area contributed by atoms with Gasteiger partial charge in [-0.15, -0.1) is 0 Å². The maximum atomic E-state index is 13.4. The van der Waals surface area contributed by atoms with Gasteiger partial charge in [0.1, 0.15) is 11.9 Å². The van der Waals surface area contributed by atoms with Crippen LogP contribution in [0.1, 0.15) is 35.9 Å². The van der Waals surface area contributed by atoms with Crippen LogP contribution < -0.4 is 0 Å². The van der Waals surface area contributed by atoms with E-state index < -0.39 is 0 Å². The number of benzene rings is 2. The molecule has 0 bridgehead atoms. The van der Waals surface area contributed by atoms with Crippen LogP contribution >= 0.6 is 0 Å². The fraction of sp³-hybridized carbons (Fsp3) is 0.250. The maximum Gasteiger partial charge on any atom is 0.249 e. The Morgan fingerprint density at radius 1 is 1.23 bits per heavy atom. The fourth-order valence-corrected chi connectivity index (χ4v) is 3.31. The third-order valence-electron chi connectivity index (χ3n) is 4.57. The smallest absolute Gasteiger partial charge is 0.249 e. The standard InChI is InChI=1S/C20H18FN3O2/c1-13-4-2-5-14(10-13)12-24-17(8-9-18(24)25)20-22-19(23-26-20)15-6-3-7-16(21)11-15/h2-7,10-11,17H,8-9,12H2,1H3. The molecule has 0 aliphatic carbocycles. The summed E-state index contributed by atoms with van der Waals surface area (Å²) in [5.41, 5.74) is 2.77. The lowest BCUT2D eigenvalue weighted by molar-refractivity contribution is -0.129. The molecule has 0 saturated carbocycles. The number of carbonyl (C=O) groups is 1. The Bertz CT molecular complexity index is 953. The van der Waals surface area contributed by atoms with Gasteiger partial charge in [0.2, 0.25) is 17.6 Å². The summed E-state index contributed by atoms with van der Waals surface area (Å²) >= 11 is 0. The van der Waals surface area contributed by atoms with E-state index >= 15 is 0 Å². The summed E-state index contributed by atoms with van der Waals surface area (Å²) < 4.78 is 18.8. The van der Waals surface area contributed by atoms with Crippen molar-refractivity contribution < 1.29 is 13.7 Å². The summed E-state index contributed by atoms with van der Waals surface area (Å²) in [6, 6.07) is 13.9. The Labute approximate surface area is 150 Å². The molecule has 0 spiro atoms. The first-order valence-electron chi connectivity index (χ1n) is 8.55. The van der Waals surface area contributed by atoms with Crippen molar-refractivity contribution in [2.75, 3.05) is 0 Å². The molecule has 1 amide bonds. The molecule has 2 heterocycles. The molecule has 1 aliphatic heterocycles. The van der Waals surface area contributed by atoms with Crippen LogP contribution in [0.25, 0.3) is 11.4 Å². The number of likely N-dealkylation sites (tertiary alicyclic amines) is 1. The lowest BCUT2D eigenvalue weighted by Gasteiger charge is -2.22. The van der Waals surface area contributed by atoms with Crippen molar-refractivity contribution in [1.82, 2.24) is 15.0 Å². The zero-order valence-electron chi connectivity index (χ0n) is 14.4. The third kappa shape index (κ3) is 3.22. The average Bonchev–Trinajstić information content (AvgIpc) is 3.23. The van der Waals surface area contributed by atoms with E-state index in [4.69, 9.17) is 4.52 Å². The Balaban J connectivity index is 1.59. The first-order chi connectivity index (χ1) is 12.6. The summed E-state index contributed by atoms with van der Waals surface area (Å²) in [4.78, 5) is 18.5. The highest BCUT2D eigenvalue weighted by atomic mass is 19.1. The molecule has 5 nitrogen and oxygen atoms in total. The monoisotopic (exact) mass is 351 g/mol. The number of carbonyl (C=O) groups excluding carboxylic acids is 1. The second-order valence-electron chi connectivity index (χ2n) is 6.53. The van der Waals surface area contributed by atoms with Gasteiger partial charge in [0.05, 0.1) is 0 Å². The Morgan fingerprint density at radius 3 is 2.88 bits per heavy atom. The third-order valence-corrected chi connectivity index (χ3v) is 4.57. The molecule has 1 aliphatic rings. The van der Waals surface area contributed by atoms with Gasteiger partial charge >= 0.3 is 0 Å². The summed E-state index contributed by atoms with van der Waals surface area (Å²) in [6.07, 6.45) is 1.09. The van der Waals surface area contributed by atoms with E-state index in [1.165, 1.54) is 12.1 Å². The van der Waals surface area contributed by atoms with Gasteiger partial charge in [0.15, 0.2) is 0 Å². The quantitative estimate of drug-likeness (QED) is 0.711. The summed E-state index contributed by atoms with van der Waals surface area (Å²) in [5, 5.41) is 3.96. The van der Waals surface area contributed by atoms with Crippen LogP contribution in [0.4, 0.5) is 4.39 Å². The number of nitrogens with zero attached hydrogens (tertiary/aromatic N) is 3. The fourth-order valence-electron chi connectivity index (χ4n) is 3.31. The summed E-state index contributed by atoms with van der Waals surface area (Å²) in [5.74, 6) is 0.435. The van der Waals surface area contributed by atoms with Crippen molar-refractivity contribution in [3.8, 4) is 11.4 Å². The first kappa shape index (κ1) is 16.4. The van der Waals surface area contributed by atoms with E-state index in [-0.39, 0.29) is 17.8 Å². The Hall–Kier alpha value is -3.02. The van der Waals surface area contributed by atoms with Crippen LogP contribution in [0.2, 0.25) is 0 Å². The predicted octanol–water partition coefficient (Wildman–Crippen LogP) is 4.05. The van der Waals surface area contributed by atoms with Crippen molar-refractivity contribution >= 4 is 5.91 Å². The van der Waals surface area contributed by atoms with E-state index in [0.29, 0.717) is 36.7 Å². The van der Waals surface area contributed by atoms with Crippen LogP contribution in [-0.2, 0) is 11.3 Å². The second-order valence-corrected chi connectivity index (χ2v) is 6.53. The molecule has 1 aromatic heterocycles. The van der Waals surface area contributed by atoms with Crippen LogP contribution in [-0.4, -0.2) is 20.9 Å². The predicted molar refractivity (Wildman–Crippen MR) is 93.4 cm³/mol. The Morgan fingerprint density at radius 2 is 2.08 bits per heavy atom. The molecule has 26 heavy (non-hydrogen) atoms. The van der Waals surface area contributed by atoms with E-state index in [1.54, 1.807) is 17.0 Å². The Kier molecular flexibility index (Phi) is 4.24. The van der Waals surface area contributed by atoms with Crippen molar-refractivity contribution in [2.45, 2.75) is 32.4 Å². The average molecular weight is 351 g/mol. The van der Waals surface area contributed by atoms with E-state index in [1.807, 2.05) is 25.1 Å². The minimum Gasteiger partial charge on any atom is -0.337 e. The molecule has 1 saturated heterocycles. The van der Waals surface area contributed by atoms with Gasteiger partial charge in [-0.3, -0.25) is 4.79 Å². The van der Waals surface area contributed by atoms with Crippen molar-refractivity contribution in [3.63, 3.8) is 0 Å². The molecule has 1 atom stereocenters. The second kappa shape index (κ2) is 6.71. The number of hydrogen-bond acceptors (Lipinski definition) is 4. The van der Waals surface area contributed by atoms with Gasteiger partial charge < -0.3 is 9.42 Å². The zero-order chi connectivity index (χ0) is 18.1. The molecule has 132 valence electrons.